The zero-order valence-corrected chi connectivity index (χ0v) is 15.1. The molecule has 0 aliphatic carbocycles. The van der Waals surface area contributed by atoms with Gasteiger partial charge in [-0.25, -0.2) is 0 Å². The lowest BCUT2D eigenvalue weighted by molar-refractivity contribution is -0.917. The van der Waals surface area contributed by atoms with Gasteiger partial charge in [-0.2, -0.15) is 13.2 Å². The predicted octanol–water partition coefficient (Wildman–Crippen LogP) is 1.98. The first-order chi connectivity index (χ1) is 13.4. The Morgan fingerprint density at radius 3 is 2.54 bits per heavy atom. The van der Waals surface area contributed by atoms with Crippen molar-refractivity contribution >= 4 is 5.91 Å². The van der Waals surface area contributed by atoms with E-state index >= 15 is 0 Å². The Kier molecular flexibility index (Phi) is 4.89. The SMILES string of the molecule is O=C(c1cccc(C(F)(F)F)c1)N1CC[NH+](Cc2ccc3c(c2)OCO3)CC1. The molecule has 5 nitrogen and oxygen atoms in total. The van der Waals surface area contributed by atoms with Crippen LogP contribution in [0.15, 0.2) is 42.5 Å². The number of nitrogens with one attached hydrogen (secondary N) is 1. The third-order valence-corrected chi connectivity index (χ3v) is 5.09. The number of benzene rings is 2. The quantitative estimate of drug-likeness (QED) is 0.867. The van der Waals surface area contributed by atoms with E-state index in [2.05, 4.69) is 0 Å². The first-order valence-electron chi connectivity index (χ1n) is 9.09. The zero-order valence-electron chi connectivity index (χ0n) is 15.1. The number of ether oxygens (including phenoxy) is 2. The minimum absolute atomic E-state index is 0.0778. The molecule has 0 radical (unpaired) electrons. The number of rotatable bonds is 3. The molecule has 0 saturated carbocycles. The number of carbonyl (C=O) groups excluding carboxylic acids is 1. The fourth-order valence-electron chi connectivity index (χ4n) is 3.55. The summed E-state index contributed by atoms with van der Waals surface area (Å²) in [6, 6.07) is 10.5. The van der Waals surface area contributed by atoms with E-state index in [0.29, 0.717) is 13.1 Å². The number of quaternary nitrogens is 1. The number of amides is 1. The molecule has 2 aromatic rings. The van der Waals surface area contributed by atoms with Gasteiger partial charge in [0.05, 0.1) is 31.7 Å². The summed E-state index contributed by atoms with van der Waals surface area (Å²) < 4.78 is 49.3. The largest absolute Gasteiger partial charge is 0.454 e. The molecular weight excluding hydrogens is 373 g/mol. The third-order valence-electron chi connectivity index (χ3n) is 5.09. The highest BCUT2D eigenvalue weighted by atomic mass is 19.4. The molecule has 2 aliphatic heterocycles. The van der Waals surface area contributed by atoms with Gasteiger partial charge in [-0.1, -0.05) is 6.07 Å². The van der Waals surface area contributed by atoms with Gasteiger partial charge >= 0.3 is 6.18 Å². The molecule has 2 heterocycles. The maximum Gasteiger partial charge on any atom is 0.416 e. The van der Waals surface area contributed by atoms with Gasteiger partial charge in [0.15, 0.2) is 11.5 Å². The van der Waals surface area contributed by atoms with Crippen LogP contribution >= 0.6 is 0 Å². The van der Waals surface area contributed by atoms with Crippen molar-refractivity contribution in [1.82, 2.24) is 4.90 Å². The van der Waals surface area contributed by atoms with Crippen LogP contribution in [0.2, 0.25) is 0 Å². The zero-order chi connectivity index (χ0) is 19.7. The third kappa shape index (κ3) is 3.91. The molecule has 0 bridgehead atoms. The first kappa shape index (κ1) is 18.6. The summed E-state index contributed by atoms with van der Waals surface area (Å²) in [4.78, 5) is 15.5. The van der Waals surface area contributed by atoms with Gasteiger partial charge in [0.2, 0.25) is 6.79 Å². The molecule has 4 rings (SSSR count). The van der Waals surface area contributed by atoms with Crippen LogP contribution in [0.1, 0.15) is 21.5 Å². The highest BCUT2D eigenvalue weighted by Gasteiger charge is 2.32. The van der Waals surface area contributed by atoms with Crippen molar-refractivity contribution in [3.8, 4) is 11.5 Å². The van der Waals surface area contributed by atoms with Crippen LogP contribution < -0.4 is 14.4 Å². The number of piperazine rings is 1. The monoisotopic (exact) mass is 393 g/mol. The molecule has 0 unspecified atom stereocenters. The summed E-state index contributed by atoms with van der Waals surface area (Å²) in [5.74, 6) is 1.14. The van der Waals surface area contributed by atoms with Crippen molar-refractivity contribution in [2.75, 3.05) is 33.0 Å². The number of fused-ring (bicyclic) bond motifs is 1. The van der Waals surface area contributed by atoms with Crippen LogP contribution in [0.5, 0.6) is 11.5 Å². The molecule has 8 heteroatoms. The standard InChI is InChI=1S/C20H19F3N2O3/c21-20(22,23)16-3-1-2-15(11-16)19(26)25-8-6-24(7-9-25)12-14-4-5-17-18(10-14)28-13-27-17/h1-5,10-11H,6-9,12-13H2/p+1. The lowest BCUT2D eigenvalue weighted by atomic mass is 10.1. The topological polar surface area (TPSA) is 43.2 Å². The van der Waals surface area contributed by atoms with Crippen molar-refractivity contribution in [2.45, 2.75) is 12.7 Å². The maximum absolute atomic E-state index is 12.9. The molecule has 2 aliphatic rings. The second-order valence-electron chi connectivity index (χ2n) is 6.99. The van der Waals surface area contributed by atoms with E-state index in [9.17, 15) is 18.0 Å². The van der Waals surface area contributed by atoms with E-state index in [4.69, 9.17) is 9.47 Å². The van der Waals surface area contributed by atoms with Crippen molar-refractivity contribution in [3.05, 3.63) is 59.2 Å². The lowest BCUT2D eigenvalue weighted by Gasteiger charge is -2.32. The minimum Gasteiger partial charge on any atom is -0.454 e. The van der Waals surface area contributed by atoms with Crippen molar-refractivity contribution < 1.29 is 32.3 Å². The van der Waals surface area contributed by atoms with Crippen LogP contribution in [0.4, 0.5) is 13.2 Å². The summed E-state index contributed by atoms with van der Waals surface area (Å²) >= 11 is 0. The molecule has 148 valence electrons. The normalized spacial score (nSPS) is 17.0. The van der Waals surface area contributed by atoms with Crippen molar-refractivity contribution in [3.63, 3.8) is 0 Å². The van der Waals surface area contributed by atoms with Crippen LogP contribution in [-0.4, -0.2) is 43.8 Å². The van der Waals surface area contributed by atoms with Crippen LogP contribution in [0.25, 0.3) is 0 Å². The molecule has 1 saturated heterocycles. The Morgan fingerprint density at radius 2 is 1.79 bits per heavy atom. The highest BCUT2D eigenvalue weighted by molar-refractivity contribution is 5.94. The second-order valence-corrected chi connectivity index (χ2v) is 6.99. The summed E-state index contributed by atoms with van der Waals surface area (Å²) in [6.45, 7) is 3.52. The molecule has 0 aromatic heterocycles. The summed E-state index contributed by atoms with van der Waals surface area (Å²) in [5.41, 5.74) is 0.399. The van der Waals surface area contributed by atoms with Gasteiger partial charge in [-0.15, -0.1) is 0 Å². The van der Waals surface area contributed by atoms with Gasteiger partial charge in [-0.3, -0.25) is 4.79 Å². The molecule has 1 amide bonds. The van der Waals surface area contributed by atoms with Crippen LogP contribution in [-0.2, 0) is 12.7 Å². The van der Waals surface area contributed by atoms with Gasteiger partial charge < -0.3 is 19.3 Å². The Labute approximate surface area is 160 Å². The Hall–Kier alpha value is -2.74. The molecule has 1 fully saturated rings. The fraction of sp³-hybridized carbons (Fsp3) is 0.350. The van der Waals surface area contributed by atoms with Crippen LogP contribution in [0.3, 0.4) is 0 Å². The molecular formula is C20H20F3N2O3+. The summed E-state index contributed by atoms with van der Waals surface area (Å²) in [5, 5.41) is 0. The average Bonchev–Trinajstić information content (AvgIpc) is 3.15. The van der Waals surface area contributed by atoms with Gasteiger partial charge in [0.1, 0.15) is 6.54 Å². The number of hydrogen-bond acceptors (Lipinski definition) is 3. The van der Waals surface area contributed by atoms with E-state index in [1.54, 1.807) is 4.90 Å². The molecule has 2 aromatic carbocycles. The van der Waals surface area contributed by atoms with Gasteiger partial charge in [0, 0.05) is 11.1 Å². The lowest BCUT2D eigenvalue weighted by Crippen LogP contribution is -3.13. The highest BCUT2D eigenvalue weighted by Crippen LogP contribution is 2.32. The number of halogens is 3. The molecule has 0 atom stereocenters. The average molecular weight is 393 g/mol. The molecule has 1 N–H and O–H groups in total. The summed E-state index contributed by atoms with van der Waals surface area (Å²) in [7, 11) is 0. The van der Waals surface area contributed by atoms with E-state index in [-0.39, 0.29) is 18.3 Å². The van der Waals surface area contributed by atoms with Gasteiger partial charge in [-0.05, 0) is 36.4 Å². The van der Waals surface area contributed by atoms with E-state index < -0.39 is 11.7 Å². The van der Waals surface area contributed by atoms with E-state index in [1.165, 1.54) is 17.0 Å². The Morgan fingerprint density at radius 1 is 1.04 bits per heavy atom. The number of alkyl halides is 3. The van der Waals surface area contributed by atoms with Gasteiger partial charge in [0.25, 0.3) is 5.91 Å². The smallest absolute Gasteiger partial charge is 0.416 e. The summed E-state index contributed by atoms with van der Waals surface area (Å²) in [6.07, 6.45) is -4.45. The molecule has 28 heavy (non-hydrogen) atoms. The van der Waals surface area contributed by atoms with Crippen molar-refractivity contribution in [2.24, 2.45) is 0 Å². The number of nitrogens with zero attached hydrogens (tertiary/aromatic N) is 1. The number of carbonyl (C=O) groups is 1. The predicted molar refractivity (Wildman–Crippen MR) is 94.3 cm³/mol. The van der Waals surface area contributed by atoms with E-state index in [1.807, 2.05) is 18.2 Å². The maximum atomic E-state index is 12.9. The van der Waals surface area contributed by atoms with Crippen LogP contribution in [0, 0.1) is 0 Å². The number of hydrogen-bond donors (Lipinski definition) is 1. The Balaban J connectivity index is 1.36. The molecule has 0 spiro atoms. The first-order valence-corrected chi connectivity index (χ1v) is 9.09. The fourth-order valence-corrected chi connectivity index (χ4v) is 3.55. The second kappa shape index (κ2) is 7.35. The Bertz CT molecular complexity index is 877. The van der Waals surface area contributed by atoms with Crippen molar-refractivity contribution in [1.29, 1.82) is 0 Å². The minimum atomic E-state index is -4.45. The van der Waals surface area contributed by atoms with E-state index in [0.717, 1.165) is 48.8 Å².